The minimum atomic E-state index is -4.80. The second-order valence-corrected chi connectivity index (χ2v) is 5.15. The van der Waals surface area contributed by atoms with Gasteiger partial charge < -0.3 is 5.11 Å². The molecule has 0 spiro atoms. The molecule has 0 radical (unpaired) electrons. The highest BCUT2D eigenvalue weighted by Crippen LogP contribution is 2.36. The van der Waals surface area contributed by atoms with Crippen LogP contribution >= 0.6 is 0 Å². The molecule has 0 aromatic heterocycles. The van der Waals surface area contributed by atoms with Gasteiger partial charge in [0.15, 0.2) is 0 Å². The fraction of sp³-hybridized carbons (Fsp3) is 0.500. The van der Waals surface area contributed by atoms with Gasteiger partial charge in [-0.2, -0.15) is 13.2 Å². The standard InChI is InChI=1S/C14H15F4NO2/c15-8-5-6-10(11(7-8)14(16,17)18)12(13(20)21)19-9-3-1-2-4-9/h5-7,9,12,19H,1-4H2,(H,20,21). The molecule has 0 saturated heterocycles. The van der Waals surface area contributed by atoms with Crippen molar-refractivity contribution in [1.29, 1.82) is 0 Å². The van der Waals surface area contributed by atoms with E-state index >= 15 is 0 Å². The van der Waals surface area contributed by atoms with Crippen LogP contribution in [0.4, 0.5) is 17.6 Å². The van der Waals surface area contributed by atoms with Crippen LogP contribution in [0.2, 0.25) is 0 Å². The zero-order valence-electron chi connectivity index (χ0n) is 11.1. The molecule has 2 rings (SSSR count). The Morgan fingerprint density at radius 3 is 2.43 bits per heavy atom. The summed E-state index contributed by atoms with van der Waals surface area (Å²) in [5.41, 5.74) is -1.70. The van der Waals surface area contributed by atoms with Crippen LogP contribution in [0, 0.1) is 5.82 Å². The molecule has 7 heteroatoms. The Bertz CT molecular complexity index is 524. The van der Waals surface area contributed by atoms with Gasteiger partial charge in [0.1, 0.15) is 11.9 Å². The summed E-state index contributed by atoms with van der Waals surface area (Å²) in [4.78, 5) is 11.3. The molecule has 1 fully saturated rings. The largest absolute Gasteiger partial charge is 0.480 e. The first kappa shape index (κ1) is 15.8. The summed E-state index contributed by atoms with van der Waals surface area (Å²) in [6.45, 7) is 0. The molecule has 0 heterocycles. The predicted octanol–water partition coefficient (Wildman–Crippen LogP) is 3.50. The number of nitrogens with one attached hydrogen (secondary N) is 1. The number of halogens is 4. The van der Waals surface area contributed by atoms with E-state index < -0.39 is 35.1 Å². The highest BCUT2D eigenvalue weighted by Gasteiger charge is 2.38. The maximum absolute atomic E-state index is 13.1. The van der Waals surface area contributed by atoms with Gasteiger partial charge in [0, 0.05) is 6.04 Å². The zero-order valence-corrected chi connectivity index (χ0v) is 11.1. The number of carboxylic acid groups (broad SMARTS) is 1. The van der Waals surface area contributed by atoms with Gasteiger partial charge >= 0.3 is 12.1 Å². The molecule has 3 nitrogen and oxygen atoms in total. The minimum Gasteiger partial charge on any atom is -0.480 e. The molecule has 1 unspecified atom stereocenters. The average molecular weight is 305 g/mol. The number of rotatable bonds is 4. The van der Waals surface area contributed by atoms with Crippen LogP contribution in [0.15, 0.2) is 18.2 Å². The Labute approximate surface area is 119 Å². The highest BCUT2D eigenvalue weighted by atomic mass is 19.4. The number of carboxylic acids is 1. The lowest BCUT2D eigenvalue weighted by molar-refractivity contribution is -0.142. The third kappa shape index (κ3) is 3.72. The second kappa shape index (κ2) is 6.01. The molecular weight excluding hydrogens is 290 g/mol. The van der Waals surface area contributed by atoms with E-state index in [0.29, 0.717) is 6.07 Å². The van der Waals surface area contributed by atoms with E-state index in [1.54, 1.807) is 0 Å². The lowest BCUT2D eigenvalue weighted by atomic mass is 9.98. The second-order valence-electron chi connectivity index (χ2n) is 5.15. The van der Waals surface area contributed by atoms with Crippen molar-refractivity contribution in [3.8, 4) is 0 Å². The molecule has 1 aliphatic carbocycles. The predicted molar refractivity (Wildman–Crippen MR) is 67.2 cm³/mol. The lowest BCUT2D eigenvalue weighted by Gasteiger charge is -2.23. The molecule has 116 valence electrons. The summed E-state index contributed by atoms with van der Waals surface area (Å²) in [5, 5.41) is 12.0. The quantitative estimate of drug-likeness (QED) is 0.837. The molecule has 2 N–H and O–H groups in total. The average Bonchev–Trinajstić information content (AvgIpc) is 2.88. The van der Waals surface area contributed by atoms with Crippen LogP contribution in [-0.4, -0.2) is 17.1 Å². The van der Waals surface area contributed by atoms with Crippen LogP contribution in [0.25, 0.3) is 0 Å². The van der Waals surface area contributed by atoms with Crippen LogP contribution in [0.5, 0.6) is 0 Å². The summed E-state index contributed by atoms with van der Waals surface area (Å²) < 4.78 is 52.0. The number of benzene rings is 1. The Morgan fingerprint density at radius 1 is 1.29 bits per heavy atom. The molecule has 0 aliphatic heterocycles. The van der Waals surface area contributed by atoms with Gasteiger partial charge in [-0.3, -0.25) is 10.1 Å². The monoisotopic (exact) mass is 305 g/mol. The molecule has 1 aliphatic rings. The van der Waals surface area contributed by atoms with E-state index in [1.165, 1.54) is 0 Å². The minimum absolute atomic E-state index is 0.128. The Balaban J connectivity index is 2.37. The van der Waals surface area contributed by atoms with Crippen molar-refractivity contribution in [2.75, 3.05) is 0 Å². The molecule has 1 saturated carbocycles. The normalized spacial score (nSPS) is 17.9. The van der Waals surface area contributed by atoms with E-state index in [0.717, 1.165) is 37.8 Å². The van der Waals surface area contributed by atoms with Crippen molar-refractivity contribution in [2.45, 2.75) is 43.9 Å². The van der Waals surface area contributed by atoms with Gasteiger partial charge in [0.25, 0.3) is 0 Å². The Kier molecular flexibility index (Phi) is 4.51. The summed E-state index contributed by atoms with van der Waals surface area (Å²) in [6, 6.07) is 0.444. The van der Waals surface area contributed by atoms with E-state index in [1.807, 2.05) is 0 Å². The molecule has 1 aromatic rings. The third-order valence-electron chi connectivity index (χ3n) is 3.64. The van der Waals surface area contributed by atoms with E-state index in [-0.39, 0.29) is 6.04 Å². The Hall–Kier alpha value is -1.63. The van der Waals surface area contributed by atoms with Gasteiger partial charge in [-0.05, 0) is 30.5 Å². The maximum Gasteiger partial charge on any atom is 0.416 e. The van der Waals surface area contributed by atoms with E-state index in [9.17, 15) is 27.5 Å². The SMILES string of the molecule is O=C(O)C(NC1CCCC1)c1ccc(F)cc1C(F)(F)F. The summed E-state index contributed by atoms with van der Waals surface area (Å²) in [5.74, 6) is -2.45. The molecule has 0 bridgehead atoms. The Morgan fingerprint density at radius 2 is 1.90 bits per heavy atom. The van der Waals surface area contributed by atoms with Crippen molar-refractivity contribution >= 4 is 5.97 Å². The number of carbonyl (C=O) groups is 1. The molecule has 21 heavy (non-hydrogen) atoms. The zero-order chi connectivity index (χ0) is 15.6. The van der Waals surface area contributed by atoms with Gasteiger partial charge in [0.2, 0.25) is 0 Å². The van der Waals surface area contributed by atoms with Crippen molar-refractivity contribution < 1.29 is 27.5 Å². The van der Waals surface area contributed by atoms with E-state index in [2.05, 4.69) is 5.32 Å². The molecular formula is C14H15F4NO2. The van der Waals surface area contributed by atoms with Gasteiger partial charge in [-0.25, -0.2) is 4.39 Å². The van der Waals surface area contributed by atoms with Crippen molar-refractivity contribution in [1.82, 2.24) is 5.32 Å². The summed E-state index contributed by atoms with van der Waals surface area (Å²) in [6.07, 6.45) is -1.51. The van der Waals surface area contributed by atoms with Gasteiger partial charge in [-0.15, -0.1) is 0 Å². The molecule has 1 atom stereocenters. The molecule has 1 aromatic carbocycles. The highest BCUT2D eigenvalue weighted by molar-refractivity contribution is 5.76. The topological polar surface area (TPSA) is 49.3 Å². The van der Waals surface area contributed by atoms with Crippen molar-refractivity contribution in [3.05, 3.63) is 35.1 Å². The van der Waals surface area contributed by atoms with Crippen LogP contribution in [0.1, 0.15) is 42.9 Å². The van der Waals surface area contributed by atoms with Crippen molar-refractivity contribution in [3.63, 3.8) is 0 Å². The summed E-state index contributed by atoms with van der Waals surface area (Å²) in [7, 11) is 0. The summed E-state index contributed by atoms with van der Waals surface area (Å²) >= 11 is 0. The van der Waals surface area contributed by atoms with Crippen LogP contribution in [-0.2, 0) is 11.0 Å². The van der Waals surface area contributed by atoms with Crippen LogP contribution in [0.3, 0.4) is 0 Å². The first-order chi connectivity index (χ1) is 9.79. The van der Waals surface area contributed by atoms with Crippen LogP contribution < -0.4 is 5.32 Å². The molecule has 0 amide bonds. The van der Waals surface area contributed by atoms with Gasteiger partial charge in [-0.1, -0.05) is 18.9 Å². The number of alkyl halides is 3. The number of hydrogen-bond acceptors (Lipinski definition) is 2. The third-order valence-corrected chi connectivity index (χ3v) is 3.64. The lowest BCUT2D eigenvalue weighted by Crippen LogP contribution is -2.36. The fourth-order valence-electron chi connectivity index (χ4n) is 2.65. The number of aliphatic carboxylic acids is 1. The van der Waals surface area contributed by atoms with Gasteiger partial charge in [0.05, 0.1) is 5.56 Å². The first-order valence-electron chi connectivity index (χ1n) is 6.64. The first-order valence-corrected chi connectivity index (χ1v) is 6.64. The maximum atomic E-state index is 13.1. The number of hydrogen-bond donors (Lipinski definition) is 2. The van der Waals surface area contributed by atoms with E-state index in [4.69, 9.17) is 0 Å². The smallest absolute Gasteiger partial charge is 0.416 e. The van der Waals surface area contributed by atoms with Crippen molar-refractivity contribution in [2.24, 2.45) is 0 Å². The fourth-order valence-corrected chi connectivity index (χ4v) is 2.65.